The van der Waals surface area contributed by atoms with Crippen molar-refractivity contribution < 1.29 is 14.3 Å². The molecule has 0 atom stereocenters. The first-order chi connectivity index (χ1) is 9.56. The molecule has 1 rings (SSSR count). The SMILES string of the molecule is CCOC(=O)NC(=O)C(C#N)=CNc1ccc(Cl)cc1. The molecular formula is C13H12ClN3O3. The topological polar surface area (TPSA) is 91.2 Å². The number of ether oxygens (including phenoxy) is 1. The molecule has 0 radical (unpaired) electrons. The Labute approximate surface area is 121 Å². The summed E-state index contributed by atoms with van der Waals surface area (Å²) in [5, 5.41) is 14.1. The Balaban J connectivity index is 2.68. The van der Waals surface area contributed by atoms with Crippen LogP contribution in [0.5, 0.6) is 0 Å². The Morgan fingerprint density at radius 1 is 1.40 bits per heavy atom. The molecule has 0 aliphatic rings. The van der Waals surface area contributed by atoms with E-state index in [4.69, 9.17) is 16.9 Å². The zero-order chi connectivity index (χ0) is 15.0. The fourth-order valence-corrected chi connectivity index (χ4v) is 1.30. The molecular weight excluding hydrogens is 282 g/mol. The summed E-state index contributed by atoms with van der Waals surface area (Å²) in [5.41, 5.74) is 0.388. The number of hydrogen-bond donors (Lipinski definition) is 2. The highest BCUT2D eigenvalue weighted by atomic mass is 35.5. The first kappa shape index (κ1) is 15.5. The fraction of sp³-hybridized carbons (Fsp3) is 0.154. The quantitative estimate of drug-likeness (QED) is 0.657. The third-order valence-corrected chi connectivity index (χ3v) is 2.34. The van der Waals surface area contributed by atoms with Crippen molar-refractivity contribution in [3.05, 3.63) is 41.1 Å². The van der Waals surface area contributed by atoms with Crippen LogP contribution < -0.4 is 10.6 Å². The van der Waals surface area contributed by atoms with Crippen LogP contribution in [0, 0.1) is 11.3 Å². The number of nitrogens with zero attached hydrogens (tertiary/aromatic N) is 1. The number of imide groups is 1. The Hall–Kier alpha value is -2.52. The first-order valence-corrected chi connectivity index (χ1v) is 6.05. The number of carbonyl (C=O) groups excluding carboxylic acids is 2. The minimum atomic E-state index is -0.898. The second-order valence-corrected chi connectivity index (χ2v) is 3.93. The lowest BCUT2D eigenvalue weighted by Crippen LogP contribution is -2.32. The number of benzene rings is 1. The molecule has 0 fully saturated rings. The molecule has 1 aromatic rings. The Morgan fingerprint density at radius 3 is 2.60 bits per heavy atom. The highest BCUT2D eigenvalue weighted by molar-refractivity contribution is 6.30. The number of anilines is 1. The number of amides is 2. The summed E-state index contributed by atoms with van der Waals surface area (Å²) >= 11 is 5.73. The van der Waals surface area contributed by atoms with Crippen LogP contribution in [0.3, 0.4) is 0 Å². The molecule has 0 saturated carbocycles. The minimum Gasteiger partial charge on any atom is -0.450 e. The number of halogens is 1. The van der Waals surface area contributed by atoms with Gasteiger partial charge in [0.05, 0.1) is 6.61 Å². The largest absolute Gasteiger partial charge is 0.450 e. The maximum atomic E-state index is 11.6. The summed E-state index contributed by atoms with van der Waals surface area (Å²) in [6.45, 7) is 1.74. The molecule has 2 amide bonds. The molecule has 104 valence electrons. The lowest BCUT2D eigenvalue weighted by molar-refractivity contribution is -0.116. The van der Waals surface area contributed by atoms with Gasteiger partial charge in [-0.15, -0.1) is 0 Å². The third kappa shape index (κ3) is 5.00. The number of nitriles is 1. The molecule has 20 heavy (non-hydrogen) atoms. The number of nitrogens with one attached hydrogen (secondary N) is 2. The van der Waals surface area contributed by atoms with Crippen LogP contribution in [0.25, 0.3) is 0 Å². The van der Waals surface area contributed by atoms with Gasteiger partial charge in [-0.3, -0.25) is 10.1 Å². The molecule has 0 aliphatic carbocycles. The lowest BCUT2D eigenvalue weighted by Gasteiger charge is -2.04. The van der Waals surface area contributed by atoms with Gasteiger partial charge in [0.15, 0.2) is 0 Å². The normalized spacial score (nSPS) is 10.3. The van der Waals surface area contributed by atoms with Gasteiger partial charge in [0.25, 0.3) is 5.91 Å². The minimum absolute atomic E-state index is 0.133. The monoisotopic (exact) mass is 293 g/mol. The molecule has 6 nitrogen and oxygen atoms in total. The van der Waals surface area contributed by atoms with Gasteiger partial charge in [0, 0.05) is 16.9 Å². The van der Waals surface area contributed by atoms with Crippen molar-refractivity contribution in [3.8, 4) is 6.07 Å². The highest BCUT2D eigenvalue weighted by Crippen LogP contribution is 2.13. The van der Waals surface area contributed by atoms with E-state index < -0.39 is 12.0 Å². The van der Waals surface area contributed by atoms with Crippen LogP contribution in [-0.4, -0.2) is 18.6 Å². The molecule has 2 N–H and O–H groups in total. The van der Waals surface area contributed by atoms with Gasteiger partial charge < -0.3 is 10.1 Å². The van der Waals surface area contributed by atoms with Crippen molar-refractivity contribution in [1.29, 1.82) is 5.26 Å². The Morgan fingerprint density at radius 2 is 2.05 bits per heavy atom. The summed E-state index contributed by atoms with van der Waals surface area (Å²) in [6.07, 6.45) is 0.294. The lowest BCUT2D eigenvalue weighted by atomic mass is 10.3. The van der Waals surface area contributed by atoms with Crippen LogP contribution in [-0.2, 0) is 9.53 Å². The summed E-state index contributed by atoms with van der Waals surface area (Å²) in [4.78, 5) is 22.6. The van der Waals surface area contributed by atoms with Crippen LogP contribution in [0.4, 0.5) is 10.5 Å². The fourth-order valence-electron chi connectivity index (χ4n) is 1.18. The van der Waals surface area contributed by atoms with E-state index in [1.54, 1.807) is 37.3 Å². The third-order valence-electron chi connectivity index (χ3n) is 2.08. The van der Waals surface area contributed by atoms with Gasteiger partial charge in [0.1, 0.15) is 11.6 Å². The molecule has 0 saturated heterocycles. The molecule has 7 heteroatoms. The van der Waals surface area contributed by atoms with Crippen molar-refractivity contribution in [2.75, 3.05) is 11.9 Å². The van der Waals surface area contributed by atoms with Gasteiger partial charge in [-0.25, -0.2) is 4.79 Å². The predicted octanol–water partition coefficient (Wildman–Crippen LogP) is 2.43. The Kier molecular flexibility index (Phi) is 6.07. The molecule has 0 heterocycles. The second-order valence-electron chi connectivity index (χ2n) is 3.50. The zero-order valence-corrected chi connectivity index (χ0v) is 11.4. The van der Waals surface area contributed by atoms with Gasteiger partial charge in [-0.1, -0.05) is 11.6 Å². The van der Waals surface area contributed by atoms with Crippen molar-refractivity contribution in [2.45, 2.75) is 6.92 Å². The van der Waals surface area contributed by atoms with Crippen LogP contribution in [0.2, 0.25) is 5.02 Å². The van der Waals surface area contributed by atoms with E-state index in [0.29, 0.717) is 10.7 Å². The summed E-state index contributed by atoms with van der Waals surface area (Å²) in [5.74, 6) is -0.840. The molecule has 0 bridgehead atoms. The van der Waals surface area contributed by atoms with Crippen molar-refractivity contribution >= 4 is 29.3 Å². The highest BCUT2D eigenvalue weighted by Gasteiger charge is 2.13. The molecule has 0 spiro atoms. The first-order valence-electron chi connectivity index (χ1n) is 5.67. The number of carbonyl (C=O) groups is 2. The van der Waals surface area contributed by atoms with Crippen LogP contribution >= 0.6 is 11.6 Å². The van der Waals surface area contributed by atoms with E-state index >= 15 is 0 Å². The second kappa shape index (κ2) is 7.81. The summed E-state index contributed by atoms with van der Waals surface area (Å²) in [6, 6.07) is 8.35. The average Bonchev–Trinajstić information content (AvgIpc) is 2.41. The van der Waals surface area contributed by atoms with E-state index in [9.17, 15) is 9.59 Å². The average molecular weight is 294 g/mol. The van der Waals surface area contributed by atoms with E-state index in [0.717, 1.165) is 0 Å². The number of alkyl carbamates (subject to hydrolysis) is 1. The zero-order valence-electron chi connectivity index (χ0n) is 10.6. The van der Waals surface area contributed by atoms with Crippen LogP contribution in [0.15, 0.2) is 36.0 Å². The van der Waals surface area contributed by atoms with Crippen molar-refractivity contribution in [2.24, 2.45) is 0 Å². The standard InChI is InChI=1S/C13H12ClN3O3/c1-2-20-13(19)17-12(18)9(7-15)8-16-11-5-3-10(14)4-6-11/h3-6,8,16H,2H2,1H3,(H,17,18,19). The molecule has 0 aromatic heterocycles. The van der Waals surface area contributed by atoms with E-state index in [1.165, 1.54) is 6.20 Å². The van der Waals surface area contributed by atoms with Gasteiger partial charge in [0.2, 0.25) is 0 Å². The number of hydrogen-bond acceptors (Lipinski definition) is 5. The summed E-state index contributed by atoms with van der Waals surface area (Å²) < 4.78 is 4.54. The number of rotatable bonds is 4. The summed E-state index contributed by atoms with van der Waals surface area (Å²) in [7, 11) is 0. The maximum Gasteiger partial charge on any atom is 0.414 e. The van der Waals surface area contributed by atoms with Crippen molar-refractivity contribution in [1.82, 2.24) is 5.32 Å². The molecule has 0 aliphatic heterocycles. The van der Waals surface area contributed by atoms with Gasteiger partial charge in [-0.2, -0.15) is 5.26 Å². The molecule has 0 unspecified atom stereocenters. The van der Waals surface area contributed by atoms with Crippen molar-refractivity contribution in [3.63, 3.8) is 0 Å². The maximum absolute atomic E-state index is 11.6. The van der Waals surface area contributed by atoms with Crippen LogP contribution in [0.1, 0.15) is 6.92 Å². The molecule has 1 aromatic carbocycles. The van der Waals surface area contributed by atoms with E-state index in [2.05, 4.69) is 10.1 Å². The smallest absolute Gasteiger partial charge is 0.414 e. The van der Waals surface area contributed by atoms with E-state index in [1.807, 2.05) is 5.32 Å². The van der Waals surface area contributed by atoms with E-state index in [-0.39, 0.29) is 12.2 Å². The van der Waals surface area contributed by atoms with Gasteiger partial charge in [-0.05, 0) is 31.2 Å². The predicted molar refractivity (Wildman–Crippen MR) is 73.9 cm³/mol. The Bertz CT molecular complexity index is 561. The van der Waals surface area contributed by atoms with Gasteiger partial charge >= 0.3 is 6.09 Å².